The molecule has 1 amide bonds. The fourth-order valence-electron chi connectivity index (χ4n) is 2.91. The zero-order valence-electron chi connectivity index (χ0n) is 15.4. The third-order valence-electron chi connectivity index (χ3n) is 4.27. The molecule has 1 aromatic heterocycles. The summed E-state index contributed by atoms with van der Waals surface area (Å²) in [7, 11) is 0. The first-order valence-electron chi connectivity index (χ1n) is 8.79. The highest BCUT2D eigenvalue weighted by atomic mass is 32.2. The number of hydrogen-bond acceptors (Lipinski definition) is 3. The van der Waals surface area contributed by atoms with Gasteiger partial charge in [0.2, 0.25) is 0 Å². The van der Waals surface area contributed by atoms with E-state index in [1.165, 1.54) is 6.07 Å². The minimum Gasteiger partial charge on any atom is -0.351 e. The third kappa shape index (κ3) is 4.57. The van der Waals surface area contributed by atoms with Gasteiger partial charge in [0.15, 0.2) is 0 Å². The summed E-state index contributed by atoms with van der Waals surface area (Å²) in [5.41, 5.74) is 3.74. The van der Waals surface area contributed by atoms with Crippen molar-refractivity contribution in [1.29, 1.82) is 0 Å². The van der Waals surface area contributed by atoms with E-state index < -0.39 is 0 Å². The monoisotopic (exact) mass is 383 g/mol. The van der Waals surface area contributed by atoms with Crippen molar-refractivity contribution < 1.29 is 9.18 Å². The van der Waals surface area contributed by atoms with Crippen molar-refractivity contribution in [1.82, 2.24) is 15.1 Å². The van der Waals surface area contributed by atoms with Crippen molar-refractivity contribution in [3.05, 3.63) is 82.9 Å². The van der Waals surface area contributed by atoms with Crippen LogP contribution in [0.2, 0.25) is 0 Å². The van der Waals surface area contributed by atoms with Gasteiger partial charge < -0.3 is 5.32 Å². The lowest BCUT2D eigenvalue weighted by Gasteiger charge is -2.07. The Kier molecular flexibility index (Phi) is 6.29. The van der Waals surface area contributed by atoms with Crippen molar-refractivity contribution in [3.8, 4) is 5.69 Å². The van der Waals surface area contributed by atoms with E-state index in [1.807, 2.05) is 50.2 Å². The van der Waals surface area contributed by atoms with E-state index in [1.54, 1.807) is 28.6 Å². The average Bonchev–Trinajstić information content (AvgIpc) is 2.98. The zero-order chi connectivity index (χ0) is 19.2. The van der Waals surface area contributed by atoms with E-state index in [-0.39, 0.29) is 11.7 Å². The number of aromatic nitrogens is 2. The van der Waals surface area contributed by atoms with Gasteiger partial charge in [-0.3, -0.25) is 4.79 Å². The summed E-state index contributed by atoms with van der Waals surface area (Å²) in [6.07, 6.45) is 0. The van der Waals surface area contributed by atoms with Gasteiger partial charge in [0.25, 0.3) is 5.91 Å². The van der Waals surface area contributed by atoms with Crippen LogP contribution < -0.4 is 5.32 Å². The van der Waals surface area contributed by atoms with E-state index in [2.05, 4.69) is 10.4 Å². The number of hydrogen-bond donors (Lipinski definition) is 1. The number of nitrogens with one attached hydrogen (secondary N) is 1. The summed E-state index contributed by atoms with van der Waals surface area (Å²) in [5, 5.41) is 7.44. The molecule has 3 aromatic rings. The highest BCUT2D eigenvalue weighted by Crippen LogP contribution is 2.18. The second kappa shape index (κ2) is 8.86. The van der Waals surface area contributed by atoms with Crippen molar-refractivity contribution in [3.63, 3.8) is 0 Å². The smallest absolute Gasteiger partial charge is 0.255 e. The lowest BCUT2D eigenvalue weighted by Crippen LogP contribution is -2.26. The Hall–Kier alpha value is -2.60. The van der Waals surface area contributed by atoms with Gasteiger partial charge in [-0.1, -0.05) is 36.4 Å². The number of nitrogens with zero attached hydrogens (tertiary/aromatic N) is 2. The maximum Gasteiger partial charge on any atom is 0.255 e. The molecule has 6 heteroatoms. The number of para-hydroxylation sites is 1. The molecule has 0 aliphatic carbocycles. The average molecular weight is 383 g/mol. The number of thioether (sulfide) groups is 1. The van der Waals surface area contributed by atoms with Gasteiger partial charge in [-0.2, -0.15) is 16.9 Å². The topological polar surface area (TPSA) is 46.9 Å². The maximum absolute atomic E-state index is 13.6. The van der Waals surface area contributed by atoms with Gasteiger partial charge in [-0.05, 0) is 37.6 Å². The molecule has 0 aliphatic heterocycles. The van der Waals surface area contributed by atoms with Gasteiger partial charge in [-0.15, -0.1) is 0 Å². The molecule has 0 fully saturated rings. The first-order chi connectivity index (χ1) is 13.1. The Balaban J connectivity index is 1.56. The van der Waals surface area contributed by atoms with Crippen LogP contribution in [0.1, 0.15) is 27.3 Å². The molecule has 0 unspecified atom stereocenters. The molecule has 4 nitrogen and oxygen atoms in total. The predicted molar refractivity (Wildman–Crippen MR) is 108 cm³/mol. The first-order valence-corrected chi connectivity index (χ1v) is 9.94. The largest absolute Gasteiger partial charge is 0.351 e. The molecule has 2 aromatic carbocycles. The Morgan fingerprint density at radius 1 is 1.11 bits per heavy atom. The normalized spacial score (nSPS) is 10.8. The highest BCUT2D eigenvalue weighted by Gasteiger charge is 2.18. The summed E-state index contributed by atoms with van der Waals surface area (Å²) in [6.45, 7) is 4.26. The lowest BCUT2D eigenvalue weighted by atomic mass is 10.2. The van der Waals surface area contributed by atoms with E-state index in [0.717, 1.165) is 11.4 Å². The summed E-state index contributed by atoms with van der Waals surface area (Å²) < 4.78 is 15.4. The molecule has 1 N–H and O–H groups in total. The Bertz CT molecular complexity index is 924. The SMILES string of the molecule is Cc1nn(-c2ccccc2)c(C)c1C(=O)NCCSCc1ccccc1F. The summed E-state index contributed by atoms with van der Waals surface area (Å²) >= 11 is 1.59. The molecule has 0 atom stereocenters. The molecule has 0 radical (unpaired) electrons. The second-order valence-electron chi connectivity index (χ2n) is 6.19. The van der Waals surface area contributed by atoms with Crippen LogP contribution in [-0.2, 0) is 5.75 Å². The number of carbonyl (C=O) groups excluding carboxylic acids is 1. The van der Waals surface area contributed by atoms with Crippen molar-refractivity contribution >= 4 is 17.7 Å². The summed E-state index contributed by atoms with van der Waals surface area (Å²) in [5.74, 6) is 0.990. The molecule has 3 rings (SSSR count). The minimum absolute atomic E-state index is 0.126. The molecule has 140 valence electrons. The summed E-state index contributed by atoms with van der Waals surface area (Å²) in [4.78, 5) is 12.6. The Morgan fingerprint density at radius 3 is 2.56 bits per heavy atom. The first kappa shape index (κ1) is 19.2. The molecule has 0 saturated heterocycles. The number of rotatable bonds is 7. The van der Waals surface area contributed by atoms with Crippen LogP contribution in [0.4, 0.5) is 4.39 Å². The quantitative estimate of drug-likeness (QED) is 0.619. The number of aryl methyl sites for hydroxylation is 1. The fraction of sp³-hybridized carbons (Fsp3) is 0.238. The fourth-order valence-corrected chi connectivity index (χ4v) is 3.76. The predicted octanol–water partition coefficient (Wildman–Crippen LogP) is 4.29. The maximum atomic E-state index is 13.6. The van der Waals surface area contributed by atoms with E-state index in [9.17, 15) is 9.18 Å². The molecule has 1 heterocycles. The molecule has 0 spiro atoms. The van der Waals surface area contributed by atoms with Crippen LogP contribution in [-0.4, -0.2) is 28.0 Å². The number of halogens is 1. The van der Waals surface area contributed by atoms with Crippen LogP contribution in [0, 0.1) is 19.7 Å². The van der Waals surface area contributed by atoms with Gasteiger partial charge in [-0.25, -0.2) is 9.07 Å². The third-order valence-corrected chi connectivity index (χ3v) is 5.27. The molecular weight excluding hydrogens is 361 g/mol. The molecule has 0 aliphatic rings. The highest BCUT2D eigenvalue weighted by molar-refractivity contribution is 7.98. The van der Waals surface area contributed by atoms with Crippen molar-refractivity contribution in [2.24, 2.45) is 0 Å². The lowest BCUT2D eigenvalue weighted by molar-refractivity contribution is 0.0955. The molecule has 0 bridgehead atoms. The minimum atomic E-state index is -0.186. The van der Waals surface area contributed by atoms with E-state index in [0.29, 0.717) is 34.9 Å². The van der Waals surface area contributed by atoms with Gasteiger partial charge in [0, 0.05) is 18.1 Å². The van der Waals surface area contributed by atoms with Gasteiger partial charge >= 0.3 is 0 Å². The molecule has 0 saturated carbocycles. The Labute approximate surface area is 162 Å². The van der Waals surface area contributed by atoms with E-state index >= 15 is 0 Å². The summed E-state index contributed by atoms with van der Waals surface area (Å²) in [6, 6.07) is 16.5. The van der Waals surface area contributed by atoms with Crippen LogP contribution in [0.15, 0.2) is 54.6 Å². The molecular formula is C21H22FN3OS. The number of amides is 1. The van der Waals surface area contributed by atoms with Crippen molar-refractivity contribution in [2.75, 3.05) is 12.3 Å². The number of benzene rings is 2. The van der Waals surface area contributed by atoms with Crippen molar-refractivity contribution in [2.45, 2.75) is 19.6 Å². The van der Waals surface area contributed by atoms with Crippen LogP contribution in [0.3, 0.4) is 0 Å². The van der Waals surface area contributed by atoms with E-state index in [4.69, 9.17) is 0 Å². The standard InChI is InChI=1S/C21H22FN3OS/c1-15-20(16(2)25(24-15)18-9-4-3-5-10-18)21(26)23-12-13-27-14-17-8-6-7-11-19(17)22/h3-11H,12-14H2,1-2H3,(H,23,26). The second-order valence-corrected chi connectivity index (χ2v) is 7.30. The van der Waals surface area contributed by atoms with Gasteiger partial charge in [0.1, 0.15) is 5.82 Å². The van der Waals surface area contributed by atoms with Crippen LogP contribution in [0.5, 0.6) is 0 Å². The van der Waals surface area contributed by atoms with Crippen LogP contribution in [0.25, 0.3) is 5.69 Å². The zero-order valence-corrected chi connectivity index (χ0v) is 16.2. The molecule has 27 heavy (non-hydrogen) atoms. The Morgan fingerprint density at radius 2 is 1.81 bits per heavy atom. The van der Waals surface area contributed by atoms with Gasteiger partial charge in [0.05, 0.1) is 22.6 Å². The van der Waals surface area contributed by atoms with Crippen LogP contribution >= 0.6 is 11.8 Å². The number of carbonyl (C=O) groups is 1.